The summed E-state index contributed by atoms with van der Waals surface area (Å²) in [6.45, 7) is 10.4. The molecule has 0 atom stereocenters. The molecule has 0 saturated heterocycles. The molecule has 0 unspecified atom stereocenters. The Labute approximate surface area is 310 Å². The van der Waals surface area contributed by atoms with Crippen LogP contribution in [0.2, 0.25) is 0 Å². The fourth-order valence-electron chi connectivity index (χ4n) is 6.63. The first kappa shape index (κ1) is 48.7. The van der Waals surface area contributed by atoms with Gasteiger partial charge in [0.1, 0.15) is 6.10 Å². The van der Waals surface area contributed by atoms with Crippen molar-refractivity contribution in [3.05, 3.63) is 0 Å². The van der Waals surface area contributed by atoms with E-state index >= 15 is 0 Å². The zero-order valence-corrected chi connectivity index (χ0v) is 33.7. The molecular weight excluding hydrogens is 626 g/mol. The molecule has 298 valence electrons. The Bertz CT molecular complexity index is 689. The fraction of sp³-hybridized carbons (Fsp3) is 0.953. The molecule has 0 spiro atoms. The Morgan fingerprint density at radius 1 is 0.480 bits per heavy atom. The maximum atomic E-state index is 12.7. The Hall–Kier alpha value is -1.34. The summed E-state index contributed by atoms with van der Waals surface area (Å²) in [6, 6.07) is 0. The SMILES string of the molecule is CCCCCCCCCCOC(=O)OCCCCCN(CCO)CCCCCCCC(=O)OC(CCCCCCCC)CCCCCCCC. The molecule has 0 aliphatic carbocycles. The van der Waals surface area contributed by atoms with Crippen molar-refractivity contribution in [1.82, 2.24) is 4.90 Å². The second-order valence-corrected chi connectivity index (χ2v) is 14.8. The molecule has 0 fully saturated rings. The third kappa shape index (κ3) is 36.5. The molecule has 0 aromatic carbocycles. The zero-order chi connectivity index (χ0) is 36.6. The third-order valence-corrected chi connectivity index (χ3v) is 9.89. The van der Waals surface area contributed by atoms with Crippen LogP contribution in [0.1, 0.15) is 220 Å². The summed E-state index contributed by atoms with van der Waals surface area (Å²) >= 11 is 0. The van der Waals surface area contributed by atoms with Crippen LogP contribution in [0.15, 0.2) is 0 Å². The molecule has 7 nitrogen and oxygen atoms in total. The van der Waals surface area contributed by atoms with Gasteiger partial charge in [0.05, 0.1) is 19.8 Å². The minimum atomic E-state index is -0.539. The summed E-state index contributed by atoms with van der Waals surface area (Å²) in [5, 5.41) is 9.51. The molecule has 0 heterocycles. The molecule has 7 heteroatoms. The number of rotatable bonds is 40. The number of unbranched alkanes of at least 4 members (excludes halogenated alkanes) is 23. The number of aliphatic hydroxyl groups is 1. The first-order valence-electron chi connectivity index (χ1n) is 21.9. The molecule has 0 aromatic rings. The first-order valence-corrected chi connectivity index (χ1v) is 21.9. The van der Waals surface area contributed by atoms with Gasteiger partial charge in [0, 0.05) is 13.0 Å². The van der Waals surface area contributed by atoms with E-state index in [9.17, 15) is 14.7 Å². The standard InChI is InChI=1S/C43H85NO6/c1-4-7-10-13-16-17-23-30-39-48-43(47)49-40-31-24-29-36-44(37-38-45)35-28-22-18-21-27-34-42(46)50-41(32-25-19-14-11-8-5-2)33-26-20-15-12-9-6-3/h41,45H,4-40H2,1-3H3. The molecule has 50 heavy (non-hydrogen) atoms. The molecule has 0 aliphatic heterocycles. The second kappa shape index (κ2) is 40.4. The predicted molar refractivity (Wildman–Crippen MR) is 211 cm³/mol. The van der Waals surface area contributed by atoms with Gasteiger partial charge >= 0.3 is 12.1 Å². The van der Waals surface area contributed by atoms with Crippen LogP contribution in [0.4, 0.5) is 4.79 Å². The van der Waals surface area contributed by atoms with Gasteiger partial charge < -0.3 is 24.2 Å². The molecule has 0 rings (SSSR count). The lowest BCUT2D eigenvalue weighted by atomic mass is 10.0. The minimum Gasteiger partial charge on any atom is -0.462 e. The summed E-state index contributed by atoms with van der Waals surface area (Å²) in [4.78, 5) is 26.8. The van der Waals surface area contributed by atoms with Gasteiger partial charge in [0.2, 0.25) is 0 Å². The average Bonchev–Trinajstić information content (AvgIpc) is 3.11. The van der Waals surface area contributed by atoms with Crippen molar-refractivity contribution in [2.45, 2.75) is 226 Å². The molecule has 0 aliphatic rings. The summed E-state index contributed by atoms with van der Waals surface area (Å²) in [6.07, 6.45) is 35.5. The normalized spacial score (nSPS) is 11.5. The molecule has 0 amide bonds. The number of hydrogen-bond acceptors (Lipinski definition) is 7. The molecular formula is C43H85NO6. The number of carbonyl (C=O) groups is 2. The third-order valence-electron chi connectivity index (χ3n) is 9.89. The molecule has 1 N–H and O–H groups in total. The highest BCUT2D eigenvalue weighted by Crippen LogP contribution is 2.18. The van der Waals surface area contributed by atoms with Gasteiger partial charge in [0.15, 0.2) is 0 Å². The number of carbonyl (C=O) groups excluding carboxylic acids is 2. The lowest BCUT2D eigenvalue weighted by Gasteiger charge is -2.21. The summed E-state index contributed by atoms with van der Waals surface area (Å²) < 4.78 is 16.4. The van der Waals surface area contributed by atoms with Crippen molar-refractivity contribution in [1.29, 1.82) is 0 Å². The van der Waals surface area contributed by atoms with Gasteiger partial charge in [-0.25, -0.2) is 4.79 Å². The van der Waals surface area contributed by atoms with Crippen LogP contribution in [0.5, 0.6) is 0 Å². The fourth-order valence-corrected chi connectivity index (χ4v) is 6.63. The van der Waals surface area contributed by atoms with Crippen LogP contribution in [-0.2, 0) is 19.0 Å². The number of hydrogen-bond donors (Lipinski definition) is 1. The van der Waals surface area contributed by atoms with Crippen molar-refractivity contribution in [3.8, 4) is 0 Å². The topological polar surface area (TPSA) is 85.3 Å². The van der Waals surface area contributed by atoms with Gasteiger partial charge in [-0.05, 0) is 77.3 Å². The summed E-state index contributed by atoms with van der Waals surface area (Å²) in [5.74, 6) is 0.00202. The maximum Gasteiger partial charge on any atom is 0.508 e. The minimum absolute atomic E-state index is 0.00202. The molecule has 0 aromatic heterocycles. The van der Waals surface area contributed by atoms with E-state index in [1.54, 1.807) is 0 Å². The van der Waals surface area contributed by atoms with E-state index in [2.05, 4.69) is 25.7 Å². The largest absolute Gasteiger partial charge is 0.508 e. The molecule has 0 radical (unpaired) electrons. The van der Waals surface area contributed by atoms with E-state index in [4.69, 9.17) is 14.2 Å². The van der Waals surface area contributed by atoms with E-state index in [0.29, 0.717) is 26.2 Å². The number of aliphatic hydroxyl groups excluding tert-OH is 1. The van der Waals surface area contributed by atoms with Crippen molar-refractivity contribution < 1.29 is 28.9 Å². The molecule has 0 bridgehead atoms. The van der Waals surface area contributed by atoms with E-state index in [1.165, 1.54) is 116 Å². The van der Waals surface area contributed by atoms with Crippen LogP contribution in [0, 0.1) is 0 Å². The first-order chi connectivity index (χ1) is 24.6. The van der Waals surface area contributed by atoms with Crippen LogP contribution in [0.25, 0.3) is 0 Å². The number of nitrogens with zero attached hydrogens (tertiary/aromatic N) is 1. The maximum absolute atomic E-state index is 12.7. The lowest BCUT2D eigenvalue weighted by molar-refractivity contribution is -0.150. The van der Waals surface area contributed by atoms with Crippen LogP contribution in [-0.4, -0.2) is 67.7 Å². The number of ether oxygens (including phenoxy) is 3. The second-order valence-electron chi connectivity index (χ2n) is 14.8. The van der Waals surface area contributed by atoms with Gasteiger partial charge in [-0.15, -0.1) is 0 Å². The highest BCUT2D eigenvalue weighted by atomic mass is 16.7. The Balaban J connectivity index is 3.95. The van der Waals surface area contributed by atoms with Gasteiger partial charge in [0.25, 0.3) is 0 Å². The van der Waals surface area contributed by atoms with E-state index < -0.39 is 6.16 Å². The Kier molecular flexibility index (Phi) is 39.3. The van der Waals surface area contributed by atoms with Crippen molar-refractivity contribution >= 4 is 12.1 Å². The van der Waals surface area contributed by atoms with Gasteiger partial charge in [-0.1, -0.05) is 149 Å². The van der Waals surface area contributed by atoms with Crippen molar-refractivity contribution in [2.75, 3.05) is 39.5 Å². The smallest absolute Gasteiger partial charge is 0.462 e. The number of esters is 1. The Morgan fingerprint density at radius 3 is 1.32 bits per heavy atom. The highest BCUT2D eigenvalue weighted by Gasteiger charge is 2.14. The Morgan fingerprint density at radius 2 is 0.860 bits per heavy atom. The van der Waals surface area contributed by atoms with Crippen LogP contribution >= 0.6 is 0 Å². The summed E-state index contributed by atoms with van der Waals surface area (Å²) in [5.41, 5.74) is 0. The zero-order valence-electron chi connectivity index (χ0n) is 33.7. The lowest BCUT2D eigenvalue weighted by Crippen LogP contribution is -2.29. The highest BCUT2D eigenvalue weighted by molar-refractivity contribution is 5.69. The average molecular weight is 712 g/mol. The van der Waals surface area contributed by atoms with Crippen molar-refractivity contribution in [3.63, 3.8) is 0 Å². The predicted octanol–water partition coefficient (Wildman–Crippen LogP) is 12.5. The monoisotopic (exact) mass is 712 g/mol. The van der Waals surface area contributed by atoms with Crippen molar-refractivity contribution in [2.24, 2.45) is 0 Å². The van der Waals surface area contributed by atoms with E-state index in [0.717, 1.165) is 90.1 Å². The van der Waals surface area contributed by atoms with Crippen LogP contribution in [0.3, 0.4) is 0 Å². The van der Waals surface area contributed by atoms with Gasteiger partial charge in [-0.2, -0.15) is 0 Å². The summed E-state index contributed by atoms with van der Waals surface area (Å²) in [7, 11) is 0. The quantitative estimate of drug-likeness (QED) is 0.0500. The molecule has 0 saturated carbocycles. The van der Waals surface area contributed by atoms with Crippen LogP contribution < -0.4 is 0 Å². The van der Waals surface area contributed by atoms with E-state index in [1.807, 2.05) is 0 Å². The van der Waals surface area contributed by atoms with E-state index in [-0.39, 0.29) is 18.7 Å². The van der Waals surface area contributed by atoms with Gasteiger partial charge in [-0.3, -0.25) is 4.79 Å².